The number of rotatable bonds is 7. The van der Waals surface area contributed by atoms with Gasteiger partial charge in [0.05, 0.1) is 0 Å². The fourth-order valence-electron chi connectivity index (χ4n) is 2.03. The van der Waals surface area contributed by atoms with Crippen LogP contribution in [0.2, 0.25) is 0 Å². The standard InChI is InChI=1S/C12H26N2S/c1-4-7-13-11-5-6-12(10-11)15-9-8-14(2)3/h11-13H,4-10H2,1-3H3. The molecule has 0 aromatic carbocycles. The largest absolute Gasteiger partial charge is 0.314 e. The Kier molecular flexibility index (Phi) is 6.69. The molecule has 2 atom stereocenters. The lowest BCUT2D eigenvalue weighted by Gasteiger charge is -2.14. The van der Waals surface area contributed by atoms with Gasteiger partial charge in [0.1, 0.15) is 0 Å². The van der Waals surface area contributed by atoms with E-state index in [1.165, 1.54) is 44.5 Å². The summed E-state index contributed by atoms with van der Waals surface area (Å²) in [6.45, 7) is 4.65. The van der Waals surface area contributed by atoms with E-state index < -0.39 is 0 Å². The zero-order chi connectivity index (χ0) is 11.1. The lowest BCUT2D eigenvalue weighted by molar-refractivity contribution is 0.437. The average molecular weight is 230 g/mol. The molecule has 15 heavy (non-hydrogen) atoms. The molecule has 1 N–H and O–H groups in total. The first-order valence-electron chi connectivity index (χ1n) is 6.22. The second kappa shape index (κ2) is 7.53. The molecule has 0 spiro atoms. The van der Waals surface area contributed by atoms with Crippen LogP contribution in [-0.4, -0.2) is 49.1 Å². The fourth-order valence-corrected chi connectivity index (χ4v) is 3.50. The third-order valence-electron chi connectivity index (χ3n) is 2.96. The summed E-state index contributed by atoms with van der Waals surface area (Å²) in [5, 5.41) is 4.55. The van der Waals surface area contributed by atoms with Crippen molar-refractivity contribution in [1.29, 1.82) is 0 Å². The molecule has 1 aliphatic carbocycles. The number of hydrogen-bond donors (Lipinski definition) is 1. The number of thioether (sulfide) groups is 1. The van der Waals surface area contributed by atoms with Gasteiger partial charge in [-0.2, -0.15) is 11.8 Å². The summed E-state index contributed by atoms with van der Waals surface area (Å²) in [6.07, 6.45) is 5.45. The van der Waals surface area contributed by atoms with E-state index in [1.807, 2.05) is 0 Å². The zero-order valence-electron chi connectivity index (χ0n) is 10.5. The van der Waals surface area contributed by atoms with Crippen LogP contribution in [0, 0.1) is 0 Å². The van der Waals surface area contributed by atoms with Gasteiger partial charge in [0.15, 0.2) is 0 Å². The number of nitrogens with one attached hydrogen (secondary N) is 1. The van der Waals surface area contributed by atoms with Gasteiger partial charge in [-0.25, -0.2) is 0 Å². The molecule has 1 aliphatic rings. The van der Waals surface area contributed by atoms with E-state index in [1.54, 1.807) is 0 Å². The molecular formula is C12H26N2S. The molecule has 1 rings (SSSR count). The van der Waals surface area contributed by atoms with E-state index >= 15 is 0 Å². The van der Waals surface area contributed by atoms with Gasteiger partial charge < -0.3 is 10.2 Å². The molecule has 0 heterocycles. The molecule has 1 saturated carbocycles. The van der Waals surface area contributed by atoms with Crippen LogP contribution in [0.1, 0.15) is 32.6 Å². The lowest BCUT2D eigenvalue weighted by Crippen LogP contribution is -2.27. The first-order valence-corrected chi connectivity index (χ1v) is 7.27. The van der Waals surface area contributed by atoms with Crippen LogP contribution in [0.4, 0.5) is 0 Å². The summed E-state index contributed by atoms with van der Waals surface area (Å²) in [5.41, 5.74) is 0. The predicted octanol–water partition coefficient (Wildman–Crippen LogP) is 2.20. The Morgan fingerprint density at radius 1 is 1.33 bits per heavy atom. The van der Waals surface area contributed by atoms with E-state index in [9.17, 15) is 0 Å². The molecule has 1 fully saturated rings. The van der Waals surface area contributed by atoms with Gasteiger partial charge in [-0.05, 0) is 46.3 Å². The summed E-state index contributed by atoms with van der Waals surface area (Å²) in [4.78, 5) is 2.27. The minimum Gasteiger partial charge on any atom is -0.314 e. The molecule has 0 bridgehead atoms. The van der Waals surface area contributed by atoms with Gasteiger partial charge in [-0.15, -0.1) is 0 Å². The van der Waals surface area contributed by atoms with Gasteiger partial charge in [0.2, 0.25) is 0 Å². The summed E-state index contributed by atoms with van der Waals surface area (Å²) >= 11 is 2.17. The van der Waals surface area contributed by atoms with Crippen molar-refractivity contribution >= 4 is 11.8 Å². The van der Waals surface area contributed by atoms with Crippen LogP contribution in [-0.2, 0) is 0 Å². The SMILES string of the molecule is CCCNC1CCC(SCCN(C)C)C1. The van der Waals surface area contributed by atoms with Crippen LogP contribution in [0.3, 0.4) is 0 Å². The minimum atomic E-state index is 0.807. The van der Waals surface area contributed by atoms with Crippen molar-refractivity contribution in [1.82, 2.24) is 10.2 Å². The van der Waals surface area contributed by atoms with E-state index in [0.29, 0.717) is 0 Å². The van der Waals surface area contributed by atoms with Crippen LogP contribution in [0.5, 0.6) is 0 Å². The topological polar surface area (TPSA) is 15.3 Å². The van der Waals surface area contributed by atoms with Crippen molar-refractivity contribution in [2.75, 3.05) is 32.9 Å². The van der Waals surface area contributed by atoms with Gasteiger partial charge in [0, 0.05) is 23.6 Å². The highest BCUT2D eigenvalue weighted by molar-refractivity contribution is 7.99. The lowest BCUT2D eigenvalue weighted by atomic mass is 10.2. The molecule has 2 nitrogen and oxygen atoms in total. The van der Waals surface area contributed by atoms with E-state index in [2.05, 4.69) is 43.0 Å². The second-order valence-corrected chi connectivity index (χ2v) is 6.17. The molecule has 0 saturated heterocycles. The quantitative estimate of drug-likeness (QED) is 0.722. The van der Waals surface area contributed by atoms with Gasteiger partial charge in [-0.1, -0.05) is 6.92 Å². The first kappa shape index (κ1) is 13.3. The maximum atomic E-state index is 3.64. The van der Waals surface area contributed by atoms with Crippen molar-refractivity contribution < 1.29 is 0 Å². The summed E-state index contributed by atoms with van der Waals surface area (Å²) in [7, 11) is 4.31. The van der Waals surface area contributed by atoms with E-state index in [4.69, 9.17) is 0 Å². The fraction of sp³-hybridized carbons (Fsp3) is 1.00. The first-order chi connectivity index (χ1) is 7.22. The van der Waals surface area contributed by atoms with Gasteiger partial charge in [0.25, 0.3) is 0 Å². The maximum absolute atomic E-state index is 3.64. The zero-order valence-corrected chi connectivity index (χ0v) is 11.3. The molecule has 0 aliphatic heterocycles. The third-order valence-corrected chi connectivity index (χ3v) is 4.28. The Balaban J connectivity index is 2.03. The number of hydrogen-bond acceptors (Lipinski definition) is 3. The van der Waals surface area contributed by atoms with Gasteiger partial charge in [-0.3, -0.25) is 0 Å². The van der Waals surface area contributed by atoms with Crippen molar-refractivity contribution in [3.05, 3.63) is 0 Å². The van der Waals surface area contributed by atoms with Crippen LogP contribution in [0.15, 0.2) is 0 Å². The third kappa shape index (κ3) is 5.79. The Morgan fingerprint density at radius 3 is 2.80 bits per heavy atom. The smallest absolute Gasteiger partial charge is 0.00779 e. The molecule has 3 heteroatoms. The highest BCUT2D eigenvalue weighted by atomic mass is 32.2. The molecular weight excluding hydrogens is 204 g/mol. The van der Waals surface area contributed by atoms with E-state index in [0.717, 1.165) is 11.3 Å². The van der Waals surface area contributed by atoms with Crippen molar-refractivity contribution in [3.63, 3.8) is 0 Å². The highest BCUT2D eigenvalue weighted by Gasteiger charge is 2.23. The predicted molar refractivity (Wildman–Crippen MR) is 70.7 cm³/mol. The van der Waals surface area contributed by atoms with Crippen molar-refractivity contribution in [2.24, 2.45) is 0 Å². The molecule has 2 unspecified atom stereocenters. The molecule has 0 amide bonds. The van der Waals surface area contributed by atoms with Gasteiger partial charge >= 0.3 is 0 Å². The maximum Gasteiger partial charge on any atom is 0.00779 e. The Morgan fingerprint density at radius 2 is 2.13 bits per heavy atom. The minimum absolute atomic E-state index is 0.807. The van der Waals surface area contributed by atoms with Crippen molar-refractivity contribution in [3.8, 4) is 0 Å². The summed E-state index contributed by atoms with van der Waals surface area (Å²) in [6, 6.07) is 0.807. The monoisotopic (exact) mass is 230 g/mol. The molecule has 0 radical (unpaired) electrons. The average Bonchev–Trinajstić information content (AvgIpc) is 2.62. The Labute approximate surface area is 99.2 Å². The molecule has 0 aromatic rings. The summed E-state index contributed by atoms with van der Waals surface area (Å²) in [5.74, 6) is 1.29. The van der Waals surface area contributed by atoms with Crippen LogP contribution < -0.4 is 5.32 Å². The Bertz CT molecular complexity index is 162. The Hall–Kier alpha value is 0.270. The normalized spacial score (nSPS) is 26.4. The van der Waals surface area contributed by atoms with Crippen LogP contribution >= 0.6 is 11.8 Å². The number of nitrogens with zero attached hydrogens (tertiary/aromatic N) is 1. The second-order valence-electron chi connectivity index (χ2n) is 4.76. The molecule has 90 valence electrons. The summed E-state index contributed by atoms with van der Waals surface area (Å²) < 4.78 is 0. The highest BCUT2D eigenvalue weighted by Crippen LogP contribution is 2.29. The van der Waals surface area contributed by atoms with E-state index in [-0.39, 0.29) is 0 Å². The molecule has 0 aromatic heterocycles. The van der Waals surface area contributed by atoms with Crippen molar-refractivity contribution in [2.45, 2.75) is 43.9 Å². The van der Waals surface area contributed by atoms with Crippen LogP contribution in [0.25, 0.3) is 0 Å².